The van der Waals surface area contributed by atoms with E-state index in [0.717, 1.165) is 13.0 Å². The van der Waals surface area contributed by atoms with Gasteiger partial charge in [-0.15, -0.1) is 0 Å². The average molecular weight is 316 g/mol. The number of ether oxygens (including phenoxy) is 1. The van der Waals surface area contributed by atoms with Gasteiger partial charge in [-0.1, -0.05) is 6.92 Å². The molecular weight excluding hydrogens is 292 g/mol. The summed E-state index contributed by atoms with van der Waals surface area (Å²) in [5.41, 5.74) is 0. The SMILES string of the molecule is CCCNCc1ccc(S(=O)(=O)N2C[C@@H](C)O[C@@H](C)C2)o1. The monoisotopic (exact) mass is 316 g/mol. The molecule has 7 heteroatoms. The van der Waals surface area contributed by atoms with Crippen molar-refractivity contribution in [3.05, 3.63) is 17.9 Å². The molecule has 2 rings (SSSR count). The van der Waals surface area contributed by atoms with Crippen LogP contribution in [0, 0.1) is 0 Å². The third-order valence-corrected chi connectivity index (χ3v) is 5.05. The Morgan fingerprint density at radius 2 is 1.95 bits per heavy atom. The van der Waals surface area contributed by atoms with Crippen LogP contribution in [0.5, 0.6) is 0 Å². The molecule has 120 valence electrons. The lowest BCUT2D eigenvalue weighted by Crippen LogP contribution is -2.47. The van der Waals surface area contributed by atoms with Gasteiger partial charge in [0.25, 0.3) is 10.0 Å². The van der Waals surface area contributed by atoms with Crippen LogP contribution < -0.4 is 5.32 Å². The van der Waals surface area contributed by atoms with E-state index in [9.17, 15) is 8.42 Å². The third kappa shape index (κ3) is 4.06. The van der Waals surface area contributed by atoms with Gasteiger partial charge in [-0.05, 0) is 38.9 Å². The van der Waals surface area contributed by atoms with Crippen LogP contribution >= 0.6 is 0 Å². The molecule has 6 nitrogen and oxygen atoms in total. The fourth-order valence-corrected chi connectivity index (χ4v) is 3.95. The van der Waals surface area contributed by atoms with Gasteiger partial charge >= 0.3 is 0 Å². The summed E-state index contributed by atoms with van der Waals surface area (Å²) in [6, 6.07) is 3.24. The van der Waals surface area contributed by atoms with Gasteiger partial charge < -0.3 is 14.5 Å². The van der Waals surface area contributed by atoms with Crippen molar-refractivity contribution in [2.45, 2.75) is 51.0 Å². The summed E-state index contributed by atoms with van der Waals surface area (Å²) in [6.07, 6.45) is 0.809. The summed E-state index contributed by atoms with van der Waals surface area (Å²) in [5, 5.41) is 3.20. The molecule has 1 aromatic rings. The summed E-state index contributed by atoms with van der Waals surface area (Å²) >= 11 is 0. The van der Waals surface area contributed by atoms with Gasteiger partial charge in [-0.3, -0.25) is 0 Å². The predicted molar refractivity (Wildman–Crippen MR) is 79.5 cm³/mol. The number of hydrogen-bond acceptors (Lipinski definition) is 5. The molecule has 0 amide bonds. The normalized spacial score (nSPS) is 24.3. The van der Waals surface area contributed by atoms with Crippen molar-refractivity contribution in [3.8, 4) is 0 Å². The smallest absolute Gasteiger partial charge is 0.276 e. The molecule has 0 radical (unpaired) electrons. The minimum absolute atomic E-state index is 0.0112. The Kier molecular flexibility index (Phi) is 5.43. The zero-order valence-electron chi connectivity index (χ0n) is 12.8. The molecule has 1 saturated heterocycles. The maximum atomic E-state index is 12.6. The number of rotatable bonds is 6. The highest BCUT2D eigenvalue weighted by atomic mass is 32.2. The maximum Gasteiger partial charge on any atom is 0.276 e. The molecule has 0 saturated carbocycles. The molecular formula is C14H24N2O4S. The van der Waals surface area contributed by atoms with Crippen LogP contribution in [0.4, 0.5) is 0 Å². The minimum atomic E-state index is -3.58. The van der Waals surface area contributed by atoms with E-state index in [1.807, 2.05) is 13.8 Å². The lowest BCUT2D eigenvalue weighted by atomic mass is 10.3. The molecule has 21 heavy (non-hydrogen) atoms. The lowest BCUT2D eigenvalue weighted by Gasteiger charge is -2.33. The molecule has 0 spiro atoms. The Bertz CT molecular complexity index is 545. The molecule has 2 atom stereocenters. The predicted octanol–water partition coefficient (Wildman–Crippen LogP) is 1.58. The van der Waals surface area contributed by atoms with Crippen LogP contribution in [-0.4, -0.2) is 44.6 Å². The Balaban J connectivity index is 2.08. The number of furan rings is 1. The number of sulfonamides is 1. The average Bonchev–Trinajstić information content (AvgIpc) is 2.87. The van der Waals surface area contributed by atoms with E-state index in [1.165, 1.54) is 10.4 Å². The molecule has 1 aromatic heterocycles. The van der Waals surface area contributed by atoms with E-state index >= 15 is 0 Å². The largest absolute Gasteiger partial charge is 0.447 e. The van der Waals surface area contributed by atoms with Crippen LogP contribution in [0.15, 0.2) is 21.6 Å². The number of nitrogens with one attached hydrogen (secondary N) is 1. The fourth-order valence-electron chi connectivity index (χ4n) is 2.43. The van der Waals surface area contributed by atoms with Gasteiger partial charge in [0.05, 0.1) is 18.8 Å². The fraction of sp³-hybridized carbons (Fsp3) is 0.714. The summed E-state index contributed by atoms with van der Waals surface area (Å²) in [5.74, 6) is 0.636. The molecule has 0 unspecified atom stereocenters. The molecule has 2 heterocycles. The van der Waals surface area contributed by atoms with Crippen molar-refractivity contribution in [2.75, 3.05) is 19.6 Å². The zero-order valence-corrected chi connectivity index (χ0v) is 13.6. The Hall–Kier alpha value is -0.890. The number of hydrogen-bond donors (Lipinski definition) is 1. The van der Waals surface area contributed by atoms with E-state index in [4.69, 9.17) is 9.15 Å². The second kappa shape index (κ2) is 6.91. The van der Waals surface area contributed by atoms with E-state index in [-0.39, 0.29) is 17.3 Å². The zero-order chi connectivity index (χ0) is 15.5. The summed E-state index contributed by atoms with van der Waals surface area (Å²) in [7, 11) is -3.58. The Morgan fingerprint density at radius 1 is 1.29 bits per heavy atom. The summed E-state index contributed by atoms with van der Waals surface area (Å²) in [4.78, 5) is 0. The van der Waals surface area contributed by atoms with Crippen molar-refractivity contribution in [1.82, 2.24) is 9.62 Å². The molecule has 0 bridgehead atoms. The standard InChI is InChI=1S/C14H24N2O4S/c1-4-7-15-8-13-5-6-14(20-13)21(17,18)16-9-11(2)19-12(3)10-16/h5-6,11-12,15H,4,7-10H2,1-3H3/t11-,12+. The second-order valence-electron chi connectivity index (χ2n) is 5.48. The highest BCUT2D eigenvalue weighted by molar-refractivity contribution is 7.89. The number of morpholine rings is 1. The first-order valence-corrected chi connectivity index (χ1v) is 8.82. The van der Waals surface area contributed by atoms with Crippen molar-refractivity contribution in [1.29, 1.82) is 0 Å². The first-order chi connectivity index (χ1) is 9.93. The van der Waals surface area contributed by atoms with E-state index in [1.54, 1.807) is 6.07 Å². The van der Waals surface area contributed by atoms with Gasteiger partial charge in [0, 0.05) is 13.1 Å². The summed E-state index contributed by atoms with van der Waals surface area (Å²) < 4.78 is 37.7. The van der Waals surface area contributed by atoms with Gasteiger partial charge in [0.15, 0.2) is 0 Å². The van der Waals surface area contributed by atoms with Gasteiger partial charge in [-0.25, -0.2) is 8.42 Å². The molecule has 0 aromatic carbocycles. The van der Waals surface area contributed by atoms with Crippen molar-refractivity contribution in [2.24, 2.45) is 0 Å². The maximum absolute atomic E-state index is 12.6. The molecule has 1 aliphatic rings. The van der Waals surface area contributed by atoms with Crippen LogP contribution in [0.3, 0.4) is 0 Å². The quantitative estimate of drug-likeness (QED) is 0.807. The van der Waals surface area contributed by atoms with E-state index in [2.05, 4.69) is 12.2 Å². The second-order valence-corrected chi connectivity index (χ2v) is 7.35. The Morgan fingerprint density at radius 3 is 2.57 bits per heavy atom. The van der Waals surface area contributed by atoms with E-state index < -0.39 is 10.0 Å². The lowest BCUT2D eigenvalue weighted by molar-refractivity contribution is -0.0443. The van der Waals surface area contributed by atoms with Gasteiger partial charge in [0.1, 0.15) is 5.76 Å². The van der Waals surface area contributed by atoms with Crippen LogP contribution in [0.1, 0.15) is 33.0 Å². The minimum Gasteiger partial charge on any atom is -0.447 e. The first kappa shape index (κ1) is 16.5. The highest BCUT2D eigenvalue weighted by Crippen LogP contribution is 2.22. The molecule has 1 aliphatic heterocycles. The summed E-state index contributed by atoms with van der Waals surface area (Å²) in [6.45, 7) is 7.96. The third-order valence-electron chi connectivity index (χ3n) is 3.34. The topological polar surface area (TPSA) is 71.8 Å². The highest BCUT2D eigenvalue weighted by Gasteiger charge is 2.34. The van der Waals surface area contributed by atoms with Crippen LogP contribution in [0.2, 0.25) is 0 Å². The number of nitrogens with zero attached hydrogens (tertiary/aromatic N) is 1. The molecule has 1 fully saturated rings. The van der Waals surface area contributed by atoms with Crippen LogP contribution in [0.25, 0.3) is 0 Å². The van der Waals surface area contributed by atoms with Crippen molar-refractivity contribution in [3.63, 3.8) is 0 Å². The molecule has 1 N–H and O–H groups in total. The van der Waals surface area contributed by atoms with Gasteiger partial charge in [0.2, 0.25) is 5.09 Å². The van der Waals surface area contributed by atoms with Crippen LogP contribution in [-0.2, 0) is 21.3 Å². The van der Waals surface area contributed by atoms with E-state index in [0.29, 0.717) is 25.4 Å². The molecule has 0 aliphatic carbocycles. The van der Waals surface area contributed by atoms with Crippen molar-refractivity contribution >= 4 is 10.0 Å². The van der Waals surface area contributed by atoms with Crippen molar-refractivity contribution < 1.29 is 17.6 Å². The first-order valence-electron chi connectivity index (χ1n) is 7.38. The van der Waals surface area contributed by atoms with Gasteiger partial charge in [-0.2, -0.15) is 4.31 Å². The Labute approximate surface area is 126 Å².